The molecule has 0 unspecified atom stereocenters. The average molecular weight is 266 g/mol. The predicted molar refractivity (Wildman–Crippen MR) is 74.7 cm³/mol. The number of nitrogens with one attached hydrogen (secondary N) is 1. The van der Waals surface area contributed by atoms with Crippen LogP contribution in [0.4, 0.5) is 5.69 Å². The number of nitrogen functional groups attached to an aromatic ring is 1. The summed E-state index contributed by atoms with van der Waals surface area (Å²) in [7, 11) is 1.62. The maximum Gasteiger partial charge on any atom is 0.257 e. The van der Waals surface area contributed by atoms with Gasteiger partial charge in [-0.25, -0.2) is 0 Å². The van der Waals surface area contributed by atoms with E-state index in [2.05, 4.69) is 24.3 Å². The Balaban J connectivity index is 2.90. The third-order valence-electron chi connectivity index (χ3n) is 2.65. The van der Waals surface area contributed by atoms with Gasteiger partial charge in [-0.05, 0) is 12.0 Å². The summed E-state index contributed by atoms with van der Waals surface area (Å²) in [5.41, 5.74) is 3.57. The van der Waals surface area contributed by atoms with Gasteiger partial charge in [0.05, 0.1) is 17.9 Å². The number of rotatable bonds is 7. The molecule has 106 valence electrons. The van der Waals surface area contributed by atoms with Crippen LogP contribution in [0.3, 0.4) is 0 Å². The van der Waals surface area contributed by atoms with Crippen LogP contribution in [0.1, 0.15) is 24.2 Å². The summed E-state index contributed by atoms with van der Waals surface area (Å²) in [6, 6.07) is 1.68. The number of amides is 1. The molecule has 0 saturated heterocycles. The van der Waals surface area contributed by atoms with Crippen molar-refractivity contribution in [3.05, 3.63) is 24.0 Å². The Hall–Kier alpha value is -1.66. The molecule has 6 nitrogen and oxygen atoms in total. The number of carbonyl (C=O) groups excluding carboxylic acids is 1. The van der Waals surface area contributed by atoms with Crippen molar-refractivity contribution >= 4 is 11.6 Å². The second kappa shape index (κ2) is 7.70. The van der Waals surface area contributed by atoms with E-state index < -0.39 is 0 Å². The van der Waals surface area contributed by atoms with Gasteiger partial charge in [0.15, 0.2) is 0 Å². The molecule has 1 rings (SSSR count). The molecule has 0 radical (unpaired) electrons. The molecular formula is C13H22N4O2. The molecule has 19 heavy (non-hydrogen) atoms. The fourth-order valence-electron chi connectivity index (χ4n) is 1.78. The van der Waals surface area contributed by atoms with Gasteiger partial charge in [0.2, 0.25) is 0 Å². The molecule has 0 aliphatic rings. The van der Waals surface area contributed by atoms with Gasteiger partial charge >= 0.3 is 0 Å². The molecule has 3 N–H and O–H groups in total. The van der Waals surface area contributed by atoms with Crippen molar-refractivity contribution in [1.82, 2.24) is 9.88 Å². The summed E-state index contributed by atoms with van der Waals surface area (Å²) < 4.78 is 5.05. The first-order valence-corrected chi connectivity index (χ1v) is 6.29. The van der Waals surface area contributed by atoms with Crippen molar-refractivity contribution in [2.75, 3.05) is 32.2 Å². The van der Waals surface area contributed by atoms with Crippen LogP contribution in [0.2, 0.25) is 0 Å². The number of carbonyl (C=O) groups is 1. The highest BCUT2D eigenvalue weighted by atomic mass is 16.5. The van der Waals surface area contributed by atoms with E-state index in [0.717, 1.165) is 0 Å². The average Bonchev–Trinajstić information content (AvgIpc) is 2.42. The number of hydrogen-bond donors (Lipinski definition) is 2. The van der Waals surface area contributed by atoms with Gasteiger partial charge in [-0.2, -0.15) is 0 Å². The molecular weight excluding hydrogens is 244 g/mol. The van der Waals surface area contributed by atoms with Crippen molar-refractivity contribution < 1.29 is 9.53 Å². The fraction of sp³-hybridized carbons (Fsp3) is 0.538. The zero-order valence-electron chi connectivity index (χ0n) is 11.7. The van der Waals surface area contributed by atoms with Gasteiger partial charge in [-0.3, -0.25) is 15.6 Å². The smallest absolute Gasteiger partial charge is 0.257 e. The largest absolute Gasteiger partial charge is 0.383 e. The number of pyridine rings is 1. The summed E-state index contributed by atoms with van der Waals surface area (Å²) in [5.74, 6) is 5.71. The minimum atomic E-state index is -0.0909. The third kappa shape index (κ3) is 4.50. The van der Waals surface area contributed by atoms with Gasteiger partial charge in [0, 0.05) is 32.6 Å². The van der Waals surface area contributed by atoms with Crippen LogP contribution in [0, 0.1) is 5.92 Å². The molecule has 0 fully saturated rings. The Morgan fingerprint density at radius 1 is 1.58 bits per heavy atom. The molecule has 0 aromatic carbocycles. The van der Waals surface area contributed by atoms with E-state index in [0.29, 0.717) is 36.9 Å². The molecule has 1 aromatic heterocycles. The molecule has 1 amide bonds. The maximum absolute atomic E-state index is 12.5. The highest BCUT2D eigenvalue weighted by Crippen LogP contribution is 2.15. The van der Waals surface area contributed by atoms with Crippen molar-refractivity contribution in [1.29, 1.82) is 0 Å². The minimum Gasteiger partial charge on any atom is -0.383 e. The second-order valence-electron chi connectivity index (χ2n) is 4.70. The first-order chi connectivity index (χ1) is 9.10. The highest BCUT2D eigenvalue weighted by molar-refractivity contribution is 5.99. The number of hydrazine groups is 1. The molecule has 0 bridgehead atoms. The number of hydrogen-bond acceptors (Lipinski definition) is 5. The SMILES string of the molecule is COCCN(CC(C)C)C(=O)c1cnccc1NN. The zero-order chi connectivity index (χ0) is 14.3. The lowest BCUT2D eigenvalue weighted by Gasteiger charge is -2.25. The number of nitrogens with zero attached hydrogens (tertiary/aromatic N) is 2. The van der Waals surface area contributed by atoms with E-state index in [1.807, 2.05) is 0 Å². The molecule has 6 heteroatoms. The minimum absolute atomic E-state index is 0.0909. The number of nitrogens with two attached hydrogens (primary N) is 1. The van der Waals surface area contributed by atoms with Gasteiger partial charge in [-0.15, -0.1) is 0 Å². The topological polar surface area (TPSA) is 80.5 Å². The van der Waals surface area contributed by atoms with Crippen LogP contribution in [0.25, 0.3) is 0 Å². The Kier molecular flexibility index (Phi) is 6.24. The lowest BCUT2D eigenvalue weighted by molar-refractivity contribution is 0.0673. The standard InChI is InChI=1S/C13H22N4O2/c1-10(2)9-17(6-7-19-3)13(18)11-8-15-5-4-12(11)16-14/h4-5,8,10H,6-7,9,14H2,1-3H3,(H,15,16). The lowest BCUT2D eigenvalue weighted by Crippen LogP contribution is -2.37. The molecule has 0 spiro atoms. The zero-order valence-corrected chi connectivity index (χ0v) is 11.7. The quantitative estimate of drug-likeness (QED) is 0.571. The van der Waals surface area contributed by atoms with E-state index in [1.54, 1.807) is 24.3 Å². The number of aromatic nitrogens is 1. The molecule has 0 saturated carbocycles. The molecule has 0 atom stereocenters. The Bertz CT molecular complexity index is 409. The van der Waals surface area contributed by atoms with Crippen molar-refractivity contribution in [3.63, 3.8) is 0 Å². The first-order valence-electron chi connectivity index (χ1n) is 6.29. The van der Waals surface area contributed by atoms with Crippen LogP contribution in [0.5, 0.6) is 0 Å². The summed E-state index contributed by atoms with van der Waals surface area (Å²) in [6.45, 7) is 5.86. The Morgan fingerprint density at radius 3 is 2.89 bits per heavy atom. The first kappa shape index (κ1) is 15.4. The van der Waals surface area contributed by atoms with E-state index >= 15 is 0 Å². The maximum atomic E-state index is 12.5. The molecule has 1 heterocycles. The summed E-state index contributed by atoms with van der Waals surface area (Å²) in [6.07, 6.45) is 3.12. The number of methoxy groups -OCH3 is 1. The summed E-state index contributed by atoms with van der Waals surface area (Å²) in [5, 5.41) is 0. The Labute approximate surface area is 113 Å². The van der Waals surface area contributed by atoms with Gasteiger partial charge < -0.3 is 15.1 Å². The predicted octanol–water partition coefficient (Wildman–Crippen LogP) is 1.11. The molecule has 1 aromatic rings. The normalized spacial score (nSPS) is 10.6. The number of ether oxygens (including phenoxy) is 1. The molecule has 0 aliphatic heterocycles. The van der Waals surface area contributed by atoms with Crippen LogP contribution in [-0.2, 0) is 4.74 Å². The van der Waals surface area contributed by atoms with Gasteiger partial charge in [0.1, 0.15) is 0 Å². The second-order valence-corrected chi connectivity index (χ2v) is 4.70. The summed E-state index contributed by atoms with van der Waals surface area (Å²) >= 11 is 0. The summed E-state index contributed by atoms with van der Waals surface area (Å²) in [4.78, 5) is 18.2. The van der Waals surface area contributed by atoms with Crippen LogP contribution >= 0.6 is 0 Å². The lowest BCUT2D eigenvalue weighted by atomic mass is 10.1. The van der Waals surface area contributed by atoms with Crippen molar-refractivity contribution in [3.8, 4) is 0 Å². The van der Waals surface area contributed by atoms with Crippen LogP contribution in [0.15, 0.2) is 18.5 Å². The van der Waals surface area contributed by atoms with Crippen LogP contribution in [-0.4, -0.2) is 42.6 Å². The van der Waals surface area contributed by atoms with Gasteiger partial charge in [0.25, 0.3) is 5.91 Å². The fourth-order valence-corrected chi connectivity index (χ4v) is 1.78. The van der Waals surface area contributed by atoms with E-state index in [9.17, 15) is 4.79 Å². The van der Waals surface area contributed by atoms with Crippen LogP contribution < -0.4 is 11.3 Å². The van der Waals surface area contributed by atoms with E-state index in [-0.39, 0.29) is 5.91 Å². The van der Waals surface area contributed by atoms with E-state index in [1.165, 1.54) is 6.20 Å². The van der Waals surface area contributed by atoms with E-state index in [4.69, 9.17) is 10.6 Å². The Morgan fingerprint density at radius 2 is 2.32 bits per heavy atom. The molecule has 0 aliphatic carbocycles. The number of anilines is 1. The highest BCUT2D eigenvalue weighted by Gasteiger charge is 2.19. The van der Waals surface area contributed by atoms with Crippen molar-refractivity contribution in [2.45, 2.75) is 13.8 Å². The monoisotopic (exact) mass is 266 g/mol. The van der Waals surface area contributed by atoms with Crippen molar-refractivity contribution in [2.24, 2.45) is 11.8 Å². The third-order valence-corrected chi connectivity index (χ3v) is 2.65. The van der Waals surface area contributed by atoms with Gasteiger partial charge in [-0.1, -0.05) is 13.8 Å².